The van der Waals surface area contributed by atoms with Crippen LogP contribution in [0.1, 0.15) is 57.8 Å². The Balaban J connectivity index is 1.70. The Labute approximate surface area is 201 Å². The van der Waals surface area contributed by atoms with Crippen LogP contribution >= 0.6 is 0 Å². The molecule has 1 aliphatic rings. The number of anilines is 1. The van der Waals surface area contributed by atoms with Crippen LogP contribution in [0.4, 0.5) is 5.69 Å². The van der Waals surface area contributed by atoms with Gasteiger partial charge >= 0.3 is 0 Å². The van der Waals surface area contributed by atoms with Crippen LogP contribution in [0.3, 0.4) is 0 Å². The molecule has 0 N–H and O–H groups in total. The third-order valence-corrected chi connectivity index (χ3v) is 7.35. The van der Waals surface area contributed by atoms with Gasteiger partial charge in [-0.2, -0.15) is 10.4 Å². The Kier molecular flexibility index (Phi) is 7.03. The Morgan fingerprint density at radius 1 is 1.18 bits per heavy atom. The number of pyridine rings is 2. The second kappa shape index (κ2) is 9.98. The van der Waals surface area contributed by atoms with Crippen LogP contribution in [0.2, 0.25) is 0 Å². The molecule has 180 valence electrons. The van der Waals surface area contributed by atoms with Crippen molar-refractivity contribution in [2.45, 2.75) is 71.6 Å². The van der Waals surface area contributed by atoms with E-state index in [9.17, 15) is 4.79 Å². The minimum absolute atomic E-state index is 0.0557. The van der Waals surface area contributed by atoms with E-state index in [4.69, 9.17) is 5.26 Å². The van der Waals surface area contributed by atoms with Gasteiger partial charge in [-0.25, -0.2) is 0 Å². The van der Waals surface area contributed by atoms with Crippen molar-refractivity contribution in [2.75, 3.05) is 18.0 Å². The number of nitrogens with zero attached hydrogens (tertiary/aromatic N) is 7. The molecule has 1 aliphatic heterocycles. The van der Waals surface area contributed by atoms with Gasteiger partial charge in [0, 0.05) is 56.2 Å². The highest BCUT2D eigenvalue weighted by Gasteiger charge is 2.36. The summed E-state index contributed by atoms with van der Waals surface area (Å²) in [6.45, 7) is 10.7. The molecule has 34 heavy (non-hydrogen) atoms. The summed E-state index contributed by atoms with van der Waals surface area (Å²) >= 11 is 0. The number of hydrogen-bond donors (Lipinski definition) is 0. The quantitative estimate of drug-likeness (QED) is 0.534. The molecule has 0 bridgehead atoms. The van der Waals surface area contributed by atoms with E-state index in [-0.39, 0.29) is 24.2 Å². The van der Waals surface area contributed by atoms with Gasteiger partial charge in [-0.3, -0.25) is 19.4 Å². The number of aryl methyl sites for hydroxylation is 2. The van der Waals surface area contributed by atoms with E-state index in [1.54, 1.807) is 28.6 Å². The average Bonchev–Trinajstić information content (AvgIpc) is 3.29. The van der Waals surface area contributed by atoms with Crippen molar-refractivity contribution in [3.63, 3.8) is 0 Å². The summed E-state index contributed by atoms with van der Waals surface area (Å²) in [6, 6.07) is 9.06. The van der Waals surface area contributed by atoms with Gasteiger partial charge in [0.2, 0.25) is 0 Å². The number of fused-ring (bicyclic) bond motifs is 1. The van der Waals surface area contributed by atoms with Gasteiger partial charge in [-0.15, -0.1) is 0 Å². The first kappa shape index (κ1) is 24.0. The van der Waals surface area contributed by atoms with Crippen molar-refractivity contribution in [1.29, 1.82) is 5.26 Å². The molecule has 0 saturated carbocycles. The highest BCUT2D eigenvalue weighted by Crippen LogP contribution is 2.34. The Hall–Kier alpha value is -3.18. The van der Waals surface area contributed by atoms with E-state index in [1.807, 2.05) is 6.20 Å². The van der Waals surface area contributed by atoms with Crippen LogP contribution in [-0.4, -0.2) is 49.4 Å². The van der Waals surface area contributed by atoms with Gasteiger partial charge in [0.15, 0.2) is 0 Å². The Bertz CT molecular complexity index is 1240. The molecule has 4 heterocycles. The summed E-state index contributed by atoms with van der Waals surface area (Å²) in [5, 5.41) is 13.8. The highest BCUT2D eigenvalue weighted by atomic mass is 16.1. The molecule has 0 radical (unpaired) electrons. The molecule has 8 heteroatoms. The summed E-state index contributed by atoms with van der Waals surface area (Å²) in [5.41, 5.74) is 4.72. The van der Waals surface area contributed by atoms with E-state index in [0.717, 1.165) is 54.8 Å². The van der Waals surface area contributed by atoms with Gasteiger partial charge < -0.3 is 9.47 Å². The van der Waals surface area contributed by atoms with Crippen LogP contribution in [0.5, 0.6) is 0 Å². The van der Waals surface area contributed by atoms with Gasteiger partial charge in [-0.1, -0.05) is 26.8 Å². The summed E-state index contributed by atoms with van der Waals surface area (Å²) < 4.78 is 3.24. The first-order chi connectivity index (χ1) is 16.4. The number of piperazine rings is 1. The molecule has 0 amide bonds. The topological polar surface area (TPSA) is 83.0 Å². The smallest absolute Gasteiger partial charge is 0.252 e. The minimum Gasteiger partial charge on any atom is -0.364 e. The molecule has 0 aliphatic carbocycles. The maximum Gasteiger partial charge on any atom is 0.252 e. The molecular formula is C26H35N7O. The van der Waals surface area contributed by atoms with E-state index >= 15 is 0 Å². The number of hydrogen-bond acceptors (Lipinski definition) is 6. The Morgan fingerprint density at radius 2 is 1.94 bits per heavy atom. The molecule has 1 saturated heterocycles. The molecule has 8 nitrogen and oxygen atoms in total. The molecule has 3 aromatic rings. The van der Waals surface area contributed by atoms with Gasteiger partial charge in [0.1, 0.15) is 12.1 Å². The van der Waals surface area contributed by atoms with Gasteiger partial charge in [0.05, 0.1) is 23.5 Å². The highest BCUT2D eigenvalue weighted by molar-refractivity contribution is 5.88. The minimum atomic E-state index is -0.0557. The molecule has 3 atom stereocenters. The number of nitriles is 1. The lowest BCUT2D eigenvalue weighted by atomic mass is 9.97. The zero-order valence-electron chi connectivity index (χ0n) is 20.9. The lowest BCUT2D eigenvalue weighted by molar-refractivity contribution is 0.101. The molecule has 1 fully saturated rings. The first-order valence-corrected chi connectivity index (χ1v) is 12.3. The Morgan fingerprint density at radius 3 is 2.56 bits per heavy atom. The number of rotatable bonds is 7. The van der Waals surface area contributed by atoms with Crippen molar-refractivity contribution in [3.05, 3.63) is 52.2 Å². The van der Waals surface area contributed by atoms with Crippen LogP contribution in [0.25, 0.3) is 11.0 Å². The predicted molar refractivity (Wildman–Crippen MR) is 135 cm³/mol. The van der Waals surface area contributed by atoms with Crippen molar-refractivity contribution < 1.29 is 0 Å². The second-order valence-electron chi connectivity index (χ2n) is 9.23. The fraction of sp³-hybridized carbons (Fsp3) is 0.538. The van der Waals surface area contributed by atoms with Crippen LogP contribution in [-0.2, 0) is 20.0 Å². The average molecular weight is 462 g/mol. The van der Waals surface area contributed by atoms with Crippen LogP contribution in [0, 0.1) is 11.3 Å². The third kappa shape index (κ3) is 4.32. The van der Waals surface area contributed by atoms with E-state index in [0.29, 0.717) is 6.04 Å². The summed E-state index contributed by atoms with van der Waals surface area (Å²) in [4.78, 5) is 22.4. The normalized spacial score (nSPS) is 19.9. The lowest BCUT2D eigenvalue weighted by Crippen LogP contribution is -2.58. The molecule has 0 spiro atoms. The van der Waals surface area contributed by atoms with Crippen molar-refractivity contribution in [2.24, 2.45) is 7.05 Å². The van der Waals surface area contributed by atoms with Crippen LogP contribution < -0.4 is 10.5 Å². The molecule has 1 unspecified atom stereocenters. The van der Waals surface area contributed by atoms with Gasteiger partial charge in [-0.05, 0) is 37.8 Å². The zero-order valence-corrected chi connectivity index (χ0v) is 20.9. The predicted octanol–water partition coefficient (Wildman–Crippen LogP) is 3.66. The van der Waals surface area contributed by atoms with Crippen molar-refractivity contribution in [1.82, 2.24) is 24.2 Å². The standard InChI is InChI=1S/C26H35N7O/c1-6-20-10-9-19(14-28-20)18(4)32-15-22(8-3)33(16-21(32)7-2)23-13-25(34)30(5)24-17-31(12-11-27)29-26(23)24/h9-10,13-14,17-18,21-22H,6-8,12,15-16H2,1-5H3/t18?,21-,22+/m1/s1. The monoisotopic (exact) mass is 461 g/mol. The van der Waals surface area contributed by atoms with Crippen molar-refractivity contribution in [3.8, 4) is 6.07 Å². The maximum atomic E-state index is 12.8. The lowest BCUT2D eigenvalue weighted by Gasteiger charge is -2.49. The number of aromatic nitrogens is 4. The van der Waals surface area contributed by atoms with Gasteiger partial charge in [0.25, 0.3) is 5.56 Å². The van der Waals surface area contributed by atoms with Crippen LogP contribution in [0.15, 0.2) is 35.4 Å². The molecular weight excluding hydrogens is 426 g/mol. The molecule has 3 aromatic heterocycles. The van der Waals surface area contributed by atoms with Crippen molar-refractivity contribution >= 4 is 16.7 Å². The molecule has 4 rings (SSSR count). The van der Waals surface area contributed by atoms with E-state index in [2.05, 4.69) is 65.8 Å². The largest absolute Gasteiger partial charge is 0.364 e. The fourth-order valence-corrected chi connectivity index (χ4v) is 5.15. The summed E-state index contributed by atoms with van der Waals surface area (Å²) in [5.74, 6) is 0. The van der Waals surface area contributed by atoms with E-state index < -0.39 is 0 Å². The first-order valence-electron chi connectivity index (χ1n) is 12.3. The fourth-order valence-electron chi connectivity index (χ4n) is 5.15. The summed E-state index contributed by atoms with van der Waals surface area (Å²) in [7, 11) is 1.76. The zero-order chi connectivity index (χ0) is 24.4. The van der Waals surface area contributed by atoms with E-state index in [1.165, 1.54) is 5.56 Å². The summed E-state index contributed by atoms with van der Waals surface area (Å²) in [6.07, 6.45) is 6.73. The molecule has 0 aromatic carbocycles. The SMILES string of the molecule is CCc1ccc(C(C)N2C[C@H](CC)N(c3cc(=O)n(C)c4cn(CC#N)nc34)C[C@H]2CC)cn1. The third-order valence-electron chi connectivity index (χ3n) is 7.35. The maximum absolute atomic E-state index is 12.8. The second-order valence-corrected chi connectivity index (χ2v) is 9.23.